The standard InChI is InChI=1S/C25H28N2O3/c1-4-29-24-15-20(16-26-21-10-5-18(2)6-11-21)9-14-23(24)30-17-25(28)27-22-12-7-19(3)8-13-22/h5-15,26H,4,16-17H2,1-3H3,(H,27,28). The first kappa shape index (κ1) is 21.2. The lowest BCUT2D eigenvalue weighted by Gasteiger charge is -2.14. The van der Waals surface area contributed by atoms with Crippen LogP contribution in [-0.2, 0) is 11.3 Å². The minimum absolute atomic E-state index is 0.0884. The molecule has 0 radical (unpaired) electrons. The van der Waals surface area contributed by atoms with Gasteiger partial charge in [-0.05, 0) is 62.7 Å². The topological polar surface area (TPSA) is 59.6 Å². The predicted molar refractivity (Wildman–Crippen MR) is 121 cm³/mol. The third kappa shape index (κ3) is 6.27. The van der Waals surface area contributed by atoms with Gasteiger partial charge in [-0.1, -0.05) is 41.5 Å². The second kappa shape index (κ2) is 10.3. The maximum atomic E-state index is 12.2. The Morgan fingerprint density at radius 2 is 1.43 bits per heavy atom. The molecule has 3 rings (SSSR count). The Morgan fingerprint density at radius 3 is 2.07 bits per heavy atom. The SMILES string of the molecule is CCOc1cc(CNc2ccc(C)cc2)ccc1OCC(=O)Nc1ccc(C)cc1. The highest BCUT2D eigenvalue weighted by atomic mass is 16.5. The molecule has 0 spiro atoms. The molecule has 0 aliphatic carbocycles. The van der Waals surface area contributed by atoms with Crippen LogP contribution in [0.15, 0.2) is 66.7 Å². The van der Waals surface area contributed by atoms with E-state index in [0.717, 1.165) is 22.5 Å². The Kier molecular flexibility index (Phi) is 7.33. The number of nitrogens with one attached hydrogen (secondary N) is 2. The van der Waals surface area contributed by atoms with Crippen LogP contribution in [0, 0.1) is 13.8 Å². The van der Waals surface area contributed by atoms with Crippen molar-refractivity contribution in [2.45, 2.75) is 27.3 Å². The van der Waals surface area contributed by atoms with Crippen LogP contribution in [0.1, 0.15) is 23.6 Å². The monoisotopic (exact) mass is 404 g/mol. The zero-order valence-electron chi connectivity index (χ0n) is 17.7. The maximum absolute atomic E-state index is 12.2. The van der Waals surface area contributed by atoms with Gasteiger partial charge in [0.05, 0.1) is 6.61 Å². The van der Waals surface area contributed by atoms with Gasteiger partial charge in [-0.2, -0.15) is 0 Å². The summed E-state index contributed by atoms with van der Waals surface area (Å²) in [5.74, 6) is 0.963. The molecule has 0 aliphatic rings. The number of hydrogen-bond donors (Lipinski definition) is 2. The number of benzene rings is 3. The normalized spacial score (nSPS) is 10.4. The van der Waals surface area contributed by atoms with Gasteiger partial charge in [0.25, 0.3) is 5.91 Å². The first-order chi connectivity index (χ1) is 14.5. The molecule has 156 valence electrons. The van der Waals surface area contributed by atoms with Crippen molar-refractivity contribution in [3.8, 4) is 11.5 Å². The van der Waals surface area contributed by atoms with Gasteiger partial charge in [-0.15, -0.1) is 0 Å². The van der Waals surface area contributed by atoms with Gasteiger partial charge >= 0.3 is 0 Å². The van der Waals surface area contributed by atoms with E-state index in [2.05, 4.69) is 41.8 Å². The Balaban J connectivity index is 1.59. The van der Waals surface area contributed by atoms with E-state index in [1.165, 1.54) is 5.56 Å². The first-order valence-corrected chi connectivity index (χ1v) is 10.1. The highest BCUT2D eigenvalue weighted by molar-refractivity contribution is 5.91. The van der Waals surface area contributed by atoms with Gasteiger partial charge < -0.3 is 20.1 Å². The Bertz CT molecular complexity index is 967. The molecule has 0 heterocycles. The van der Waals surface area contributed by atoms with Crippen molar-refractivity contribution in [2.24, 2.45) is 0 Å². The van der Waals surface area contributed by atoms with Crippen LogP contribution in [0.4, 0.5) is 11.4 Å². The molecule has 0 atom stereocenters. The fourth-order valence-corrected chi connectivity index (χ4v) is 2.90. The van der Waals surface area contributed by atoms with Gasteiger partial charge in [0.15, 0.2) is 18.1 Å². The van der Waals surface area contributed by atoms with Crippen molar-refractivity contribution < 1.29 is 14.3 Å². The Labute approximate surface area is 178 Å². The van der Waals surface area contributed by atoms with E-state index in [-0.39, 0.29) is 12.5 Å². The summed E-state index contributed by atoms with van der Waals surface area (Å²) in [5.41, 5.74) is 5.24. The van der Waals surface area contributed by atoms with Crippen molar-refractivity contribution in [1.82, 2.24) is 0 Å². The molecule has 0 aromatic heterocycles. The van der Waals surface area contributed by atoms with E-state index in [1.807, 2.05) is 56.3 Å². The number of carbonyl (C=O) groups excluding carboxylic acids is 1. The van der Waals surface area contributed by atoms with Crippen LogP contribution in [0.5, 0.6) is 11.5 Å². The van der Waals surface area contributed by atoms with Gasteiger partial charge in [0.2, 0.25) is 0 Å². The number of ether oxygens (including phenoxy) is 2. The van der Waals surface area contributed by atoms with Crippen LogP contribution in [-0.4, -0.2) is 19.1 Å². The van der Waals surface area contributed by atoms with Crippen LogP contribution in [0.3, 0.4) is 0 Å². The molecule has 5 nitrogen and oxygen atoms in total. The van der Waals surface area contributed by atoms with Crippen LogP contribution in [0.2, 0.25) is 0 Å². The molecular weight excluding hydrogens is 376 g/mol. The molecule has 2 N–H and O–H groups in total. The van der Waals surface area contributed by atoms with E-state index < -0.39 is 0 Å². The molecule has 0 bridgehead atoms. The molecule has 0 aliphatic heterocycles. The second-order valence-corrected chi connectivity index (χ2v) is 7.14. The van der Waals surface area contributed by atoms with Crippen molar-refractivity contribution >= 4 is 17.3 Å². The molecule has 0 unspecified atom stereocenters. The van der Waals surface area contributed by atoms with Gasteiger partial charge in [-0.3, -0.25) is 4.79 Å². The third-order valence-electron chi connectivity index (χ3n) is 4.55. The average Bonchev–Trinajstić information content (AvgIpc) is 2.74. The summed E-state index contributed by atoms with van der Waals surface area (Å²) in [5, 5.41) is 6.23. The summed E-state index contributed by atoms with van der Waals surface area (Å²) in [4.78, 5) is 12.2. The maximum Gasteiger partial charge on any atom is 0.262 e. The van der Waals surface area contributed by atoms with Crippen LogP contribution >= 0.6 is 0 Å². The quantitative estimate of drug-likeness (QED) is 0.506. The largest absolute Gasteiger partial charge is 0.490 e. The first-order valence-electron chi connectivity index (χ1n) is 10.1. The summed E-state index contributed by atoms with van der Waals surface area (Å²) in [6.45, 7) is 7.08. The van der Waals surface area contributed by atoms with Crippen LogP contribution in [0.25, 0.3) is 0 Å². The molecule has 1 amide bonds. The van der Waals surface area contributed by atoms with Gasteiger partial charge in [0.1, 0.15) is 0 Å². The smallest absolute Gasteiger partial charge is 0.262 e. The molecule has 0 fully saturated rings. The highest BCUT2D eigenvalue weighted by Crippen LogP contribution is 2.29. The van der Waals surface area contributed by atoms with E-state index in [1.54, 1.807) is 0 Å². The number of rotatable bonds is 9. The number of aryl methyl sites for hydroxylation is 2. The molecule has 0 saturated heterocycles. The second-order valence-electron chi connectivity index (χ2n) is 7.14. The van der Waals surface area contributed by atoms with E-state index in [4.69, 9.17) is 9.47 Å². The predicted octanol–water partition coefficient (Wildman–Crippen LogP) is 5.33. The lowest BCUT2D eigenvalue weighted by atomic mass is 10.2. The molecule has 30 heavy (non-hydrogen) atoms. The number of hydrogen-bond acceptors (Lipinski definition) is 4. The fraction of sp³-hybridized carbons (Fsp3) is 0.240. The molecule has 0 saturated carbocycles. The van der Waals surface area contributed by atoms with Crippen molar-refractivity contribution in [3.63, 3.8) is 0 Å². The van der Waals surface area contributed by atoms with E-state index in [0.29, 0.717) is 24.7 Å². The van der Waals surface area contributed by atoms with Gasteiger partial charge in [0, 0.05) is 17.9 Å². The zero-order valence-corrected chi connectivity index (χ0v) is 17.7. The Hall–Kier alpha value is -3.47. The number of anilines is 2. The fourth-order valence-electron chi connectivity index (χ4n) is 2.90. The molecular formula is C25H28N2O3. The summed E-state index contributed by atoms with van der Waals surface area (Å²) in [6.07, 6.45) is 0. The summed E-state index contributed by atoms with van der Waals surface area (Å²) >= 11 is 0. The summed E-state index contributed by atoms with van der Waals surface area (Å²) in [6, 6.07) is 21.7. The highest BCUT2D eigenvalue weighted by Gasteiger charge is 2.10. The van der Waals surface area contributed by atoms with Crippen LogP contribution < -0.4 is 20.1 Å². The van der Waals surface area contributed by atoms with Crippen molar-refractivity contribution in [1.29, 1.82) is 0 Å². The summed E-state index contributed by atoms with van der Waals surface area (Å²) < 4.78 is 11.4. The van der Waals surface area contributed by atoms with Crippen molar-refractivity contribution in [2.75, 3.05) is 23.8 Å². The number of carbonyl (C=O) groups is 1. The molecule has 3 aromatic rings. The zero-order chi connectivity index (χ0) is 21.3. The van der Waals surface area contributed by atoms with E-state index >= 15 is 0 Å². The van der Waals surface area contributed by atoms with Crippen molar-refractivity contribution in [3.05, 3.63) is 83.4 Å². The minimum Gasteiger partial charge on any atom is -0.490 e. The third-order valence-corrected chi connectivity index (χ3v) is 4.55. The van der Waals surface area contributed by atoms with E-state index in [9.17, 15) is 4.79 Å². The molecule has 5 heteroatoms. The lowest BCUT2D eigenvalue weighted by molar-refractivity contribution is -0.118. The molecule has 3 aromatic carbocycles. The minimum atomic E-state index is -0.216. The average molecular weight is 405 g/mol. The lowest BCUT2D eigenvalue weighted by Crippen LogP contribution is -2.20. The Morgan fingerprint density at radius 1 is 0.800 bits per heavy atom. The number of amides is 1. The van der Waals surface area contributed by atoms with Gasteiger partial charge in [-0.25, -0.2) is 0 Å². The summed E-state index contributed by atoms with van der Waals surface area (Å²) in [7, 11) is 0.